The van der Waals surface area contributed by atoms with Gasteiger partial charge >= 0.3 is 23.4 Å². The van der Waals surface area contributed by atoms with Crippen LogP contribution in [0.5, 0.6) is 0 Å². The number of aromatic amines is 1. The minimum absolute atomic E-state index is 0.0832. The van der Waals surface area contributed by atoms with Crippen molar-refractivity contribution in [1.82, 2.24) is 10.2 Å². The molecule has 0 radical (unpaired) electrons. The normalized spacial score (nSPS) is 11.6. The van der Waals surface area contributed by atoms with Crippen LogP contribution in [-0.4, -0.2) is 29.3 Å². The van der Waals surface area contributed by atoms with Crippen LogP contribution < -0.4 is 10.3 Å². The van der Waals surface area contributed by atoms with Crippen LogP contribution in [0.3, 0.4) is 0 Å². The maximum atomic E-state index is 12.0. The molecule has 0 bridgehead atoms. The van der Waals surface area contributed by atoms with E-state index in [1.165, 1.54) is 7.05 Å². The number of hydrogen-bond donors (Lipinski definition) is 1. The maximum absolute atomic E-state index is 12.0. The summed E-state index contributed by atoms with van der Waals surface area (Å²) in [7, 11) is 2.33. The van der Waals surface area contributed by atoms with E-state index in [2.05, 4.69) is 9.79 Å². The highest BCUT2D eigenvalue weighted by Crippen LogP contribution is 2.17. The third-order valence-electron chi connectivity index (χ3n) is 1.89. The number of hydrogen-bond acceptors (Lipinski definition) is 3. The van der Waals surface area contributed by atoms with Crippen LogP contribution in [0.1, 0.15) is 5.69 Å². The maximum Gasteiger partial charge on any atom is 0.471 e. The van der Waals surface area contributed by atoms with Gasteiger partial charge in [-0.2, -0.15) is 13.2 Å². The molecule has 1 aromatic heterocycles. The number of carbonyl (C=O) groups is 1. The summed E-state index contributed by atoms with van der Waals surface area (Å²) in [5.74, 6) is -2.02. The molecule has 1 rings (SSSR count). The molecular formula is C7H9F3N3O3+. The van der Waals surface area contributed by atoms with E-state index < -0.39 is 24.3 Å². The summed E-state index contributed by atoms with van der Waals surface area (Å²) >= 11 is 0. The molecule has 1 heterocycles. The quantitative estimate of drug-likeness (QED) is 0.696. The van der Waals surface area contributed by atoms with E-state index in [4.69, 9.17) is 0 Å². The van der Waals surface area contributed by atoms with Crippen molar-refractivity contribution >= 4 is 5.91 Å². The summed E-state index contributed by atoms with van der Waals surface area (Å²) in [5.41, 5.74) is -0.899. The van der Waals surface area contributed by atoms with E-state index in [0.717, 1.165) is 11.7 Å². The number of carbonyl (C=O) groups excluding carboxylic acids is 1. The molecule has 1 aromatic rings. The van der Waals surface area contributed by atoms with Gasteiger partial charge in [-0.3, -0.25) is 9.32 Å². The van der Waals surface area contributed by atoms with Gasteiger partial charge in [0.1, 0.15) is 6.54 Å². The van der Waals surface area contributed by atoms with Crippen LogP contribution in [0.4, 0.5) is 13.2 Å². The van der Waals surface area contributed by atoms with Gasteiger partial charge in [-0.05, 0) is 5.27 Å². The fourth-order valence-electron chi connectivity index (χ4n) is 1.04. The Hall–Kier alpha value is -1.80. The average molecular weight is 240 g/mol. The molecule has 0 aliphatic rings. The highest BCUT2D eigenvalue weighted by molar-refractivity contribution is 5.81. The summed E-state index contributed by atoms with van der Waals surface area (Å²) < 4.78 is 41.5. The lowest BCUT2D eigenvalue weighted by Gasteiger charge is -2.15. The summed E-state index contributed by atoms with van der Waals surface area (Å²) in [4.78, 5) is 22.2. The molecule has 0 saturated heterocycles. The Morgan fingerprint density at radius 3 is 2.50 bits per heavy atom. The number of amides is 1. The SMILES string of the molecule is CN(Cc1c(=O)o[nH][n+]1C)C(=O)C(F)(F)F. The Labute approximate surface area is 87.2 Å². The zero-order valence-corrected chi connectivity index (χ0v) is 8.46. The number of aromatic nitrogens is 2. The van der Waals surface area contributed by atoms with Gasteiger partial charge in [0, 0.05) is 7.05 Å². The van der Waals surface area contributed by atoms with Crippen molar-refractivity contribution in [1.29, 1.82) is 0 Å². The van der Waals surface area contributed by atoms with Crippen molar-refractivity contribution in [3.8, 4) is 0 Å². The first-order valence-corrected chi connectivity index (χ1v) is 4.12. The largest absolute Gasteiger partial charge is 0.471 e. The molecule has 16 heavy (non-hydrogen) atoms. The molecule has 1 N–H and O–H groups in total. The zero-order chi connectivity index (χ0) is 12.5. The molecule has 1 amide bonds. The molecule has 0 aromatic carbocycles. The first-order chi connectivity index (χ1) is 7.23. The second kappa shape index (κ2) is 3.99. The minimum atomic E-state index is -4.95. The Kier molecular flexibility index (Phi) is 3.06. The van der Waals surface area contributed by atoms with Crippen LogP contribution in [0.2, 0.25) is 0 Å². The standard InChI is InChI=1S/C7H8F3N3O3/c1-12(6(15)7(8,9)10)3-4-5(14)16-11-13(4)2/h3H2,1-2H3/p+1. The predicted octanol–water partition coefficient (Wildman–Crippen LogP) is -0.687. The van der Waals surface area contributed by atoms with Crippen molar-refractivity contribution in [2.45, 2.75) is 12.7 Å². The molecule has 0 atom stereocenters. The molecule has 0 aliphatic carbocycles. The molecule has 0 unspecified atom stereocenters. The van der Waals surface area contributed by atoms with Crippen LogP contribution >= 0.6 is 0 Å². The van der Waals surface area contributed by atoms with E-state index in [1.807, 2.05) is 0 Å². The van der Waals surface area contributed by atoms with Crippen molar-refractivity contribution < 1.29 is 27.2 Å². The fourth-order valence-corrected chi connectivity index (χ4v) is 1.04. The molecule has 90 valence electrons. The molecule has 0 saturated carbocycles. The Bertz CT molecular complexity index is 448. The first kappa shape index (κ1) is 12.3. The summed E-state index contributed by atoms with van der Waals surface area (Å²) in [5, 5.41) is 2.13. The molecule has 9 heteroatoms. The number of aryl methyl sites for hydroxylation is 1. The lowest BCUT2D eigenvalue weighted by molar-refractivity contribution is -0.746. The van der Waals surface area contributed by atoms with Crippen molar-refractivity contribution in [3.63, 3.8) is 0 Å². The third-order valence-corrected chi connectivity index (χ3v) is 1.89. The van der Waals surface area contributed by atoms with Gasteiger partial charge in [-0.25, -0.2) is 4.79 Å². The van der Waals surface area contributed by atoms with Gasteiger partial charge in [0.05, 0.1) is 0 Å². The summed E-state index contributed by atoms with van der Waals surface area (Å²) in [6, 6.07) is 0. The van der Waals surface area contributed by atoms with Gasteiger partial charge < -0.3 is 4.90 Å². The van der Waals surface area contributed by atoms with E-state index in [9.17, 15) is 22.8 Å². The van der Waals surface area contributed by atoms with Crippen LogP contribution in [-0.2, 0) is 18.4 Å². The highest BCUT2D eigenvalue weighted by Gasteiger charge is 2.42. The smallest absolute Gasteiger partial charge is 0.327 e. The third kappa shape index (κ3) is 2.41. The predicted molar refractivity (Wildman–Crippen MR) is 43.0 cm³/mol. The van der Waals surface area contributed by atoms with E-state index in [-0.39, 0.29) is 5.69 Å². The number of nitrogens with one attached hydrogen (secondary N) is 1. The average Bonchev–Trinajstić information content (AvgIpc) is 2.46. The monoisotopic (exact) mass is 240 g/mol. The van der Waals surface area contributed by atoms with Gasteiger partial charge in [-0.15, -0.1) is 0 Å². The molecule has 0 aliphatic heterocycles. The zero-order valence-electron chi connectivity index (χ0n) is 8.46. The van der Waals surface area contributed by atoms with Crippen LogP contribution in [0.25, 0.3) is 0 Å². The molecule has 0 spiro atoms. The van der Waals surface area contributed by atoms with Crippen LogP contribution in [0.15, 0.2) is 9.32 Å². The van der Waals surface area contributed by atoms with Crippen molar-refractivity contribution in [3.05, 3.63) is 16.1 Å². The van der Waals surface area contributed by atoms with Crippen molar-refractivity contribution in [2.75, 3.05) is 7.05 Å². The Morgan fingerprint density at radius 1 is 1.56 bits per heavy atom. The topological polar surface area (TPSA) is 70.2 Å². The Balaban J connectivity index is 2.84. The van der Waals surface area contributed by atoms with E-state index >= 15 is 0 Å². The number of nitrogens with zero attached hydrogens (tertiary/aromatic N) is 2. The van der Waals surface area contributed by atoms with Crippen LogP contribution in [0, 0.1) is 0 Å². The molecule has 6 nitrogen and oxygen atoms in total. The second-order valence-electron chi connectivity index (χ2n) is 3.15. The number of rotatable bonds is 2. The molecule has 0 fully saturated rings. The Morgan fingerprint density at radius 2 is 2.12 bits per heavy atom. The lowest BCUT2D eigenvalue weighted by Crippen LogP contribution is -2.44. The minimum Gasteiger partial charge on any atom is -0.327 e. The van der Waals surface area contributed by atoms with Gasteiger partial charge in [-0.1, -0.05) is 4.68 Å². The summed E-state index contributed by atoms with van der Waals surface area (Å²) in [6.07, 6.45) is -4.95. The van der Waals surface area contributed by atoms with Gasteiger partial charge in [0.2, 0.25) is 0 Å². The highest BCUT2D eigenvalue weighted by atomic mass is 19.4. The second-order valence-corrected chi connectivity index (χ2v) is 3.15. The number of alkyl halides is 3. The van der Waals surface area contributed by atoms with E-state index in [1.54, 1.807) is 0 Å². The number of H-pyrrole nitrogens is 1. The lowest BCUT2D eigenvalue weighted by atomic mass is 10.4. The first-order valence-electron chi connectivity index (χ1n) is 4.12. The summed E-state index contributed by atoms with van der Waals surface area (Å²) in [6.45, 7) is -0.485. The van der Waals surface area contributed by atoms with Crippen molar-refractivity contribution in [2.24, 2.45) is 7.05 Å². The number of halogens is 3. The van der Waals surface area contributed by atoms with Gasteiger partial charge in [0.25, 0.3) is 0 Å². The van der Waals surface area contributed by atoms with Gasteiger partial charge in [0.15, 0.2) is 7.05 Å². The molecular weight excluding hydrogens is 231 g/mol. The van der Waals surface area contributed by atoms with E-state index in [0.29, 0.717) is 4.90 Å². The fraction of sp³-hybridized carbons (Fsp3) is 0.571.